The van der Waals surface area contributed by atoms with Crippen LogP contribution in [0.1, 0.15) is 38.8 Å². The van der Waals surface area contributed by atoms with Gasteiger partial charge in [-0.1, -0.05) is 81.4 Å². The van der Waals surface area contributed by atoms with E-state index in [4.69, 9.17) is 4.43 Å². The summed E-state index contributed by atoms with van der Waals surface area (Å²) in [6, 6.07) is 17.8. The Hall–Kier alpha value is -2.64. The Kier molecular flexibility index (Phi) is 7.34. The van der Waals surface area contributed by atoms with Crippen LogP contribution in [0.5, 0.6) is 0 Å². The van der Waals surface area contributed by atoms with Crippen LogP contribution in [0.15, 0.2) is 60.7 Å². The number of carbonyl (C=O) groups excluding carboxylic acids is 2. The Morgan fingerprint density at radius 3 is 2.06 bits per heavy atom. The molecule has 33 heavy (non-hydrogen) atoms. The Morgan fingerprint density at radius 1 is 1.06 bits per heavy atom. The number of likely N-dealkylation sites (tertiary alicyclic amines) is 1. The maximum Gasteiger partial charge on any atom is 0.248 e. The molecule has 1 heterocycles. The first kappa shape index (κ1) is 25.0. The van der Waals surface area contributed by atoms with Gasteiger partial charge in [-0.25, -0.2) is 0 Å². The van der Waals surface area contributed by atoms with Crippen molar-refractivity contribution in [2.24, 2.45) is 0 Å². The normalized spacial score (nSPS) is 19.7. The van der Waals surface area contributed by atoms with E-state index >= 15 is 0 Å². The molecule has 0 aromatic heterocycles. The monoisotopic (exact) mass is 467 g/mol. The minimum atomic E-state index is -2.14. The van der Waals surface area contributed by atoms with Gasteiger partial charge in [0.1, 0.15) is 12.1 Å². The molecule has 7 heteroatoms. The van der Waals surface area contributed by atoms with Crippen LogP contribution in [-0.2, 0) is 22.3 Å². The molecule has 0 saturated carbocycles. The molecule has 0 radical (unpaired) electrons. The molecule has 0 spiro atoms. The van der Waals surface area contributed by atoms with Crippen LogP contribution < -0.4 is 5.11 Å². The molecule has 0 unspecified atom stereocenters. The zero-order valence-corrected chi connectivity index (χ0v) is 21.4. The maximum absolute atomic E-state index is 13.3. The van der Waals surface area contributed by atoms with E-state index in [-0.39, 0.29) is 23.6 Å². The molecular formula is C26H35N2O4Si-. The Morgan fingerprint density at radius 2 is 1.58 bits per heavy atom. The fraction of sp³-hybridized carbons (Fsp3) is 0.462. The van der Waals surface area contributed by atoms with Crippen molar-refractivity contribution in [2.75, 3.05) is 0 Å². The van der Waals surface area contributed by atoms with Gasteiger partial charge in [0.25, 0.3) is 0 Å². The quantitative estimate of drug-likeness (QED) is 0.434. The van der Waals surface area contributed by atoms with E-state index in [2.05, 4.69) is 33.9 Å². The van der Waals surface area contributed by atoms with Crippen molar-refractivity contribution in [3.05, 3.63) is 71.8 Å². The lowest BCUT2D eigenvalue weighted by Gasteiger charge is -2.55. The van der Waals surface area contributed by atoms with Gasteiger partial charge in [-0.3, -0.25) is 4.79 Å². The van der Waals surface area contributed by atoms with Crippen molar-refractivity contribution in [3.8, 4) is 0 Å². The van der Waals surface area contributed by atoms with Crippen LogP contribution >= 0.6 is 0 Å². The molecule has 2 amide bonds. The minimum absolute atomic E-state index is 0.00709. The summed E-state index contributed by atoms with van der Waals surface area (Å²) in [4.78, 5) is 28.4. The Balaban J connectivity index is 1.91. The van der Waals surface area contributed by atoms with Gasteiger partial charge < -0.3 is 24.1 Å². The zero-order chi connectivity index (χ0) is 24.4. The SMILES string of the molecule is C[C@H](O[Si](C)(C)C(C)(C)C)[C@@H]1[C@H](N(Cc2ccccc2)C(=O)[O-])C(=O)N1Cc1ccccc1. The van der Waals surface area contributed by atoms with Crippen molar-refractivity contribution < 1.29 is 19.1 Å². The second-order valence-corrected chi connectivity index (χ2v) is 15.1. The van der Waals surface area contributed by atoms with Gasteiger partial charge in [-0.15, -0.1) is 0 Å². The van der Waals surface area contributed by atoms with Gasteiger partial charge in [-0.05, 0) is 36.2 Å². The van der Waals surface area contributed by atoms with Crippen molar-refractivity contribution in [2.45, 2.75) is 77.1 Å². The highest BCUT2D eigenvalue weighted by atomic mass is 28.4. The van der Waals surface area contributed by atoms with Crippen molar-refractivity contribution in [1.82, 2.24) is 9.80 Å². The predicted molar refractivity (Wildman–Crippen MR) is 130 cm³/mol. The van der Waals surface area contributed by atoms with Crippen LogP contribution in [-0.4, -0.2) is 48.3 Å². The first-order chi connectivity index (χ1) is 15.4. The van der Waals surface area contributed by atoms with Gasteiger partial charge in [0.2, 0.25) is 5.91 Å². The van der Waals surface area contributed by atoms with Crippen LogP contribution in [0.4, 0.5) is 4.79 Å². The van der Waals surface area contributed by atoms with Crippen molar-refractivity contribution in [1.29, 1.82) is 0 Å². The van der Waals surface area contributed by atoms with Crippen LogP contribution in [0.3, 0.4) is 0 Å². The fourth-order valence-corrected chi connectivity index (χ4v) is 5.53. The summed E-state index contributed by atoms with van der Waals surface area (Å²) in [7, 11) is -2.14. The van der Waals surface area contributed by atoms with Gasteiger partial charge >= 0.3 is 0 Å². The van der Waals surface area contributed by atoms with E-state index in [0.717, 1.165) is 16.0 Å². The van der Waals surface area contributed by atoms with E-state index in [1.807, 2.05) is 67.6 Å². The van der Waals surface area contributed by atoms with E-state index in [0.29, 0.717) is 6.54 Å². The predicted octanol–water partition coefficient (Wildman–Crippen LogP) is 4.02. The summed E-state index contributed by atoms with van der Waals surface area (Å²) in [6.45, 7) is 13.3. The van der Waals surface area contributed by atoms with Gasteiger partial charge in [0, 0.05) is 13.1 Å². The average Bonchev–Trinajstić information content (AvgIpc) is 2.74. The standard InChI is InChI=1S/C26H36N2O4Si/c1-19(32-33(5,6)26(2,3)4)22-23(24(29)27(22)17-20-13-9-7-10-14-20)28(25(30)31)18-21-15-11-8-12-16-21/h7-16,19,22-23H,17-18H2,1-6H3,(H,30,31)/p-1/t19-,22+,23-/m0/s1. The Labute approximate surface area is 198 Å². The molecule has 1 aliphatic heterocycles. The third-order valence-electron chi connectivity index (χ3n) is 6.95. The smallest absolute Gasteiger partial charge is 0.248 e. The summed E-state index contributed by atoms with van der Waals surface area (Å²) < 4.78 is 6.64. The summed E-state index contributed by atoms with van der Waals surface area (Å²) >= 11 is 0. The highest BCUT2D eigenvalue weighted by molar-refractivity contribution is 6.74. The molecule has 2 aromatic rings. The van der Waals surface area contributed by atoms with Gasteiger partial charge in [-0.2, -0.15) is 0 Å². The fourth-order valence-electron chi connectivity index (χ4n) is 4.11. The molecule has 2 aromatic carbocycles. The first-order valence-electron chi connectivity index (χ1n) is 11.5. The largest absolute Gasteiger partial charge is 0.530 e. The number of carboxylic acid groups (broad SMARTS) is 1. The summed E-state index contributed by atoms with van der Waals surface area (Å²) in [5.41, 5.74) is 1.81. The lowest BCUT2D eigenvalue weighted by atomic mass is 9.88. The van der Waals surface area contributed by atoms with E-state index in [9.17, 15) is 14.7 Å². The second kappa shape index (κ2) is 9.69. The molecule has 0 aliphatic carbocycles. The van der Waals surface area contributed by atoms with Gasteiger partial charge in [0.15, 0.2) is 8.32 Å². The second-order valence-electron chi connectivity index (χ2n) is 10.3. The lowest BCUT2D eigenvalue weighted by molar-refractivity contribution is -0.273. The molecule has 1 fully saturated rings. The number of hydrogen-bond donors (Lipinski definition) is 0. The summed E-state index contributed by atoms with van der Waals surface area (Å²) in [5.74, 6) is -0.213. The topological polar surface area (TPSA) is 72.9 Å². The van der Waals surface area contributed by atoms with Crippen molar-refractivity contribution >= 4 is 20.3 Å². The zero-order valence-electron chi connectivity index (χ0n) is 20.4. The molecule has 3 atom stereocenters. The number of benzene rings is 2. The van der Waals surface area contributed by atoms with Crippen molar-refractivity contribution in [3.63, 3.8) is 0 Å². The molecule has 0 bridgehead atoms. The maximum atomic E-state index is 13.3. The van der Waals surface area contributed by atoms with Gasteiger partial charge in [0.05, 0.1) is 12.1 Å². The Bertz CT molecular complexity index is 959. The number of β-lactam (4-membered cyclic amide) rings is 1. The molecular weight excluding hydrogens is 432 g/mol. The molecule has 1 aliphatic rings. The molecule has 3 rings (SSSR count). The van der Waals surface area contributed by atoms with Crippen LogP contribution in [0.2, 0.25) is 18.1 Å². The molecule has 1 saturated heterocycles. The summed E-state index contributed by atoms with van der Waals surface area (Å²) in [6.07, 6.45) is -1.67. The van der Waals surface area contributed by atoms with Crippen LogP contribution in [0.25, 0.3) is 0 Å². The highest BCUT2D eigenvalue weighted by Crippen LogP contribution is 2.40. The number of nitrogens with zero attached hydrogens (tertiary/aromatic N) is 2. The third kappa shape index (κ3) is 5.47. The average molecular weight is 468 g/mol. The highest BCUT2D eigenvalue weighted by Gasteiger charge is 2.54. The lowest BCUT2D eigenvalue weighted by Crippen LogP contribution is -2.75. The van der Waals surface area contributed by atoms with E-state index in [1.165, 1.54) is 0 Å². The molecule has 6 nitrogen and oxygen atoms in total. The molecule has 178 valence electrons. The minimum Gasteiger partial charge on any atom is -0.530 e. The molecule has 0 N–H and O–H groups in total. The third-order valence-corrected chi connectivity index (χ3v) is 11.5. The van der Waals surface area contributed by atoms with E-state index in [1.54, 1.807) is 4.90 Å². The van der Waals surface area contributed by atoms with E-state index < -0.39 is 26.5 Å². The van der Waals surface area contributed by atoms with Crippen LogP contribution in [0, 0.1) is 0 Å². The number of amides is 2. The number of carbonyl (C=O) groups is 2. The first-order valence-corrected chi connectivity index (χ1v) is 14.4. The number of rotatable bonds is 8. The summed E-state index contributed by atoms with van der Waals surface area (Å²) in [5, 5.41) is 12.2. The number of hydrogen-bond acceptors (Lipinski definition) is 4.